The molecule has 0 N–H and O–H groups in total. The largest absolute Gasteiger partial charge is 0.319 e. The summed E-state index contributed by atoms with van der Waals surface area (Å²) in [5.41, 5.74) is 2.71. The Hall–Kier alpha value is -2.60. The summed E-state index contributed by atoms with van der Waals surface area (Å²) in [6.07, 6.45) is 3.50. The summed E-state index contributed by atoms with van der Waals surface area (Å²) < 4.78 is 1.96. The molecule has 3 aromatic rings. The number of carbonyl (C=O) groups excluding carboxylic acids is 1. The van der Waals surface area contributed by atoms with Gasteiger partial charge in [0.2, 0.25) is 0 Å². The van der Waals surface area contributed by atoms with E-state index >= 15 is 0 Å². The Morgan fingerprint density at radius 1 is 1.22 bits per heavy atom. The Bertz CT molecular complexity index is 893. The van der Waals surface area contributed by atoms with Gasteiger partial charge in [0.1, 0.15) is 11.5 Å². The molecule has 0 fully saturated rings. The highest BCUT2D eigenvalue weighted by atomic mass is 32.1. The van der Waals surface area contributed by atoms with Crippen molar-refractivity contribution in [2.45, 2.75) is 20.4 Å². The molecule has 6 heteroatoms. The Labute approximate surface area is 138 Å². The van der Waals surface area contributed by atoms with E-state index in [0.717, 1.165) is 0 Å². The van der Waals surface area contributed by atoms with E-state index < -0.39 is 0 Å². The maximum Gasteiger partial charge on any atom is 0.298 e. The lowest BCUT2D eigenvalue weighted by atomic mass is 10.1. The van der Waals surface area contributed by atoms with E-state index in [9.17, 15) is 4.79 Å². The van der Waals surface area contributed by atoms with Gasteiger partial charge in [-0.3, -0.25) is 4.79 Å². The zero-order chi connectivity index (χ0) is 16.2. The summed E-state index contributed by atoms with van der Waals surface area (Å²) in [6, 6.07) is 9.90. The van der Waals surface area contributed by atoms with E-state index in [0.29, 0.717) is 22.9 Å². The van der Waals surface area contributed by atoms with Gasteiger partial charge in [-0.1, -0.05) is 29.8 Å². The number of amides is 1. The zero-order valence-corrected chi connectivity index (χ0v) is 13.7. The van der Waals surface area contributed by atoms with Crippen LogP contribution in [0.2, 0.25) is 0 Å². The second-order valence-corrected chi connectivity index (χ2v) is 6.08. The number of thiazole rings is 1. The molecular weight excluding hydrogens is 308 g/mol. The van der Waals surface area contributed by atoms with Crippen molar-refractivity contribution in [3.05, 3.63) is 75.6 Å². The third-order valence-corrected chi connectivity index (χ3v) is 4.12. The first-order valence-corrected chi connectivity index (χ1v) is 8.08. The van der Waals surface area contributed by atoms with Crippen LogP contribution in [-0.4, -0.2) is 20.4 Å². The van der Waals surface area contributed by atoms with Gasteiger partial charge in [0.15, 0.2) is 4.80 Å². The maximum absolute atomic E-state index is 12.2. The van der Waals surface area contributed by atoms with Crippen LogP contribution in [0.3, 0.4) is 0 Å². The fraction of sp³-hybridized carbons (Fsp3) is 0.176. The number of rotatable bonds is 3. The standard InChI is InChI=1S/C17H16N4OS/c1-12-3-5-14(6-4-12)11-21-9-10-23-17(21)20-16(22)15-7-8-18-13(2)19-15/h3-10H,11H2,1-2H3. The molecule has 0 aliphatic carbocycles. The predicted molar refractivity (Wildman–Crippen MR) is 89.3 cm³/mol. The number of aromatic nitrogens is 3. The fourth-order valence-electron chi connectivity index (χ4n) is 2.12. The molecule has 5 nitrogen and oxygen atoms in total. The predicted octanol–water partition coefficient (Wildman–Crippen LogP) is 2.75. The van der Waals surface area contributed by atoms with Crippen molar-refractivity contribution in [1.29, 1.82) is 0 Å². The number of hydrogen-bond donors (Lipinski definition) is 0. The molecule has 116 valence electrons. The summed E-state index contributed by atoms with van der Waals surface area (Å²) in [7, 11) is 0. The third-order valence-electron chi connectivity index (χ3n) is 3.33. The maximum atomic E-state index is 12.2. The Balaban J connectivity index is 1.88. The lowest BCUT2D eigenvalue weighted by Crippen LogP contribution is -2.17. The molecule has 2 heterocycles. The molecule has 0 atom stereocenters. The van der Waals surface area contributed by atoms with Crippen LogP contribution in [0, 0.1) is 13.8 Å². The topological polar surface area (TPSA) is 60.1 Å². The summed E-state index contributed by atoms with van der Waals surface area (Å²) in [5, 5.41) is 1.92. The molecule has 3 rings (SSSR count). The monoisotopic (exact) mass is 324 g/mol. The number of nitrogens with zero attached hydrogens (tertiary/aromatic N) is 4. The van der Waals surface area contributed by atoms with E-state index in [4.69, 9.17) is 0 Å². The third kappa shape index (κ3) is 3.78. The average molecular weight is 324 g/mol. The zero-order valence-electron chi connectivity index (χ0n) is 12.9. The van der Waals surface area contributed by atoms with Crippen molar-refractivity contribution in [3.63, 3.8) is 0 Å². The van der Waals surface area contributed by atoms with Crippen LogP contribution in [0.5, 0.6) is 0 Å². The lowest BCUT2D eigenvalue weighted by Gasteiger charge is -2.03. The average Bonchev–Trinajstić information content (AvgIpc) is 2.96. The first kappa shape index (κ1) is 15.3. The molecule has 0 spiro atoms. The summed E-state index contributed by atoms with van der Waals surface area (Å²) >= 11 is 1.43. The summed E-state index contributed by atoms with van der Waals surface area (Å²) in [4.78, 5) is 25.2. The summed E-state index contributed by atoms with van der Waals surface area (Å²) in [6.45, 7) is 4.49. The van der Waals surface area contributed by atoms with Crippen molar-refractivity contribution in [2.75, 3.05) is 0 Å². The first-order valence-electron chi connectivity index (χ1n) is 7.20. The highest BCUT2D eigenvalue weighted by Crippen LogP contribution is 2.05. The number of carbonyl (C=O) groups is 1. The molecule has 1 aromatic carbocycles. The Morgan fingerprint density at radius 3 is 2.74 bits per heavy atom. The Kier molecular flexibility index (Phi) is 4.43. The van der Waals surface area contributed by atoms with Crippen LogP contribution in [0.15, 0.2) is 53.1 Å². The molecule has 0 bridgehead atoms. The van der Waals surface area contributed by atoms with Crippen LogP contribution in [0.25, 0.3) is 0 Å². The molecule has 0 unspecified atom stereocenters. The molecule has 0 saturated heterocycles. The quantitative estimate of drug-likeness (QED) is 0.744. The van der Waals surface area contributed by atoms with Crippen LogP contribution in [0.4, 0.5) is 0 Å². The number of hydrogen-bond acceptors (Lipinski definition) is 4. The van der Waals surface area contributed by atoms with Crippen LogP contribution in [0.1, 0.15) is 27.4 Å². The lowest BCUT2D eigenvalue weighted by molar-refractivity contribution is 0.0992. The van der Waals surface area contributed by atoms with Gasteiger partial charge in [-0.25, -0.2) is 9.97 Å². The smallest absolute Gasteiger partial charge is 0.298 e. The first-order chi connectivity index (χ1) is 11.1. The van der Waals surface area contributed by atoms with Gasteiger partial charge in [0.05, 0.1) is 0 Å². The van der Waals surface area contributed by atoms with Crippen LogP contribution >= 0.6 is 11.3 Å². The molecular formula is C17H16N4OS. The van der Waals surface area contributed by atoms with Crippen LogP contribution < -0.4 is 4.80 Å². The van der Waals surface area contributed by atoms with Crippen molar-refractivity contribution in [1.82, 2.24) is 14.5 Å². The minimum atomic E-state index is -0.351. The van der Waals surface area contributed by atoms with Gasteiger partial charge in [0.25, 0.3) is 5.91 Å². The highest BCUT2D eigenvalue weighted by molar-refractivity contribution is 7.07. The molecule has 23 heavy (non-hydrogen) atoms. The molecule has 0 aliphatic rings. The second kappa shape index (κ2) is 6.66. The van der Waals surface area contributed by atoms with E-state index in [2.05, 4.69) is 46.1 Å². The number of aryl methyl sites for hydroxylation is 2. The van der Waals surface area contributed by atoms with Gasteiger partial charge in [0, 0.05) is 24.3 Å². The number of benzene rings is 1. The Morgan fingerprint density at radius 2 is 2.00 bits per heavy atom. The van der Waals surface area contributed by atoms with Gasteiger partial charge in [-0.05, 0) is 25.5 Å². The van der Waals surface area contributed by atoms with Gasteiger partial charge in [-0.2, -0.15) is 4.99 Å². The van der Waals surface area contributed by atoms with Crippen molar-refractivity contribution >= 4 is 17.2 Å². The van der Waals surface area contributed by atoms with E-state index in [1.54, 1.807) is 19.2 Å². The molecule has 1 amide bonds. The van der Waals surface area contributed by atoms with Crippen molar-refractivity contribution < 1.29 is 4.79 Å². The van der Waals surface area contributed by atoms with E-state index in [1.165, 1.54) is 22.5 Å². The minimum Gasteiger partial charge on any atom is -0.319 e. The van der Waals surface area contributed by atoms with E-state index in [-0.39, 0.29) is 5.91 Å². The van der Waals surface area contributed by atoms with Gasteiger partial charge < -0.3 is 4.57 Å². The van der Waals surface area contributed by atoms with Crippen LogP contribution in [-0.2, 0) is 6.54 Å². The molecule has 2 aromatic heterocycles. The molecule has 0 saturated carbocycles. The molecule has 0 radical (unpaired) electrons. The van der Waals surface area contributed by atoms with E-state index in [1.807, 2.05) is 16.1 Å². The normalized spacial score (nSPS) is 11.7. The molecule has 0 aliphatic heterocycles. The minimum absolute atomic E-state index is 0.313. The highest BCUT2D eigenvalue weighted by Gasteiger charge is 2.07. The van der Waals surface area contributed by atoms with Crippen molar-refractivity contribution in [3.8, 4) is 0 Å². The van der Waals surface area contributed by atoms with Gasteiger partial charge >= 0.3 is 0 Å². The SMILES string of the molecule is Cc1ccc(Cn2ccsc2=NC(=O)c2ccnc(C)n2)cc1. The summed E-state index contributed by atoms with van der Waals surface area (Å²) in [5.74, 6) is 0.209. The fourth-order valence-corrected chi connectivity index (χ4v) is 2.84. The van der Waals surface area contributed by atoms with Gasteiger partial charge in [-0.15, -0.1) is 11.3 Å². The van der Waals surface area contributed by atoms with Crippen molar-refractivity contribution in [2.24, 2.45) is 4.99 Å². The second-order valence-electron chi connectivity index (χ2n) is 5.21.